The van der Waals surface area contributed by atoms with Gasteiger partial charge in [-0.25, -0.2) is 0 Å². The van der Waals surface area contributed by atoms with Crippen LogP contribution < -0.4 is 0 Å². The van der Waals surface area contributed by atoms with Crippen molar-refractivity contribution in [1.82, 2.24) is 9.88 Å². The van der Waals surface area contributed by atoms with Gasteiger partial charge in [0.1, 0.15) is 0 Å². The van der Waals surface area contributed by atoms with Gasteiger partial charge in [0.2, 0.25) is 0 Å². The fraction of sp³-hybridized carbons (Fsp3) is 0.478. The molecule has 1 aliphatic rings. The predicted octanol–water partition coefficient (Wildman–Crippen LogP) is 3.65. The van der Waals surface area contributed by atoms with Gasteiger partial charge in [-0.1, -0.05) is 24.3 Å². The molecule has 5 nitrogen and oxygen atoms in total. The molecule has 3 rings (SSSR count). The number of carbonyl (C=O) groups is 1. The molecule has 5 heteroatoms. The van der Waals surface area contributed by atoms with Gasteiger partial charge in [0.05, 0.1) is 25.4 Å². The van der Waals surface area contributed by atoms with Crippen molar-refractivity contribution in [2.75, 3.05) is 33.4 Å². The number of amides is 1. The van der Waals surface area contributed by atoms with E-state index in [1.165, 1.54) is 11.1 Å². The zero-order valence-electron chi connectivity index (χ0n) is 16.9. The molecule has 0 bridgehead atoms. The number of aryl methyl sites for hydroxylation is 1. The molecule has 1 fully saturated rings. The Labute approximate surface area is 167 Å². The summed E-state index contributed by atoms with van der Waals surface area (Å²) in [5, 5.41) is 0. The first kappa shape index (κ1) is 20.5. The van der Waals surface area contributed by atoms with Gasteiger partial charge in [-0.2, -0.15) is 0 Å². The van der Waals surface area contributed by atoms with Gasteiger partial charge < -0.3 is 14.4 Å². The Hall–Kier alpha value is -2.24. The maximum Gasteiger partial charge on any atom is 0.255 e. The van der Waals surface area contributed by atoms with Gasteiger partial charge in [0, 0.05) is 32.1 Å². The van der Waals surface area contributed by atoms with Gasteiger partial charge in [-0.15, -0.1) is 0 Å². The predicted molar refractivity (Wildman–Crippen MR) is 109 cm³/mol. The Kier molecular flexibility index (Phi) is 7.57. The minimum atomic E-state index is 0.113. The first-order chi connectivity index (χ1) is 13.7. The Bertz CT molecular complexity index is 753. The topological polar surface area (TPSA) is 51.7 Å². The zero-order valence-corrected chi connectivity index (χ0v) is 16.9. The summed E-state index contributed by atoms with van der Waals surface area (Å²) < 4.78 is 10.5. The molecule has 2 heterocycles. The van der Waals surface area contributed by atoms with Gasteiger partial charge in [0.25, 0.3) is 5.91 Å². The minimum Gasteiger partial charge on any atom is -0.382 e. The summed E-state index contributed by atoms with van der Waals surface area (Å²) in [5.41, 5.74) is 4.07. The lowest BCUT2D eigenvalue weighted by atomic mass is 9.89. The molecular weight excluding hydrogens is 352 g/mol. The van der Waals surface area contributed by atoms with E-state index in [1.54, 1.807) is 13.3 Å². The molecule has 0 unspecified atom stereocenters. The van der Waals surface area contributed by atoms with Crippen molar-refractivity contribution < 1.29 is 14.3 Å². The largest absolute Gasteiger partial charge is 0.382 e. The Morgan fingerprint density at radius 1 is 1.11 bits per heavy atom. The molecule has 150 valence electrons. The van der Waals surface area contributed by atoms with Crippen LogP contribution in [0.3, 0.4) is 0 Å². The number of ether oxygens (including phenoxy) is 2. The third kappa shape index (κ3) is 5.63. The molecule has 0 N–H and O–H groups in total. The van der Waals surface area contributed by atoms with E-state index in [9.17, 15) is 4.79 Å². The second-order valence-electron chi connectivity index (χ2n) is 7.44. The summed E-state index contributed by atoms with van der Waals surface area (Å²) in [6.07, 6.45) is 4.90. The summed E-state index contributed by atoms with van der Waals surface area (Å²) in [7, 11) is 1.68. The number of nitrogens with zero attached hydrogens (tertiary/aromatic N) is 2. The normalized spacial score (nSPS) is 15.0. The number of benzene rings is 1. The number of hydrogen-bond donors (Lipinski definition) is 0. The Balaban J connectivity index is 1.45. The number of carbonyl (C=O) groups excluding carboxylic acids is 1. The molecular formula is C23H30N2O3. The highest BCUT2D eigenvalue weighted by atomic mass is 16.5. The molecule has 1 aliphatic heterocycles. The van der Waals surface area contributed by atoms with Crippen LogP contribution in [0.1, 0.15) is 40.0 Å². The highest BCUT2D eigenvalue weighted by molar-refractivity contribution is 5.95. The van der Waals surface area contributed by atoms with Crippen LogP contribution in [-0.4, -0.2) is 49.2 Å². The smallest absolute Gasteiger partial charge is 0.255 e. The number of piperidine rings is 1. The van der Waals surface area contributed by atoms with E-state index in [2.05, 4.69) is 29.2 Å². The number of rotatable bonds is 8. The minimum absolute atomic E-state index is 0.113. The zero-order chi connectivity index (χ0) is 19.8. The van der Waals surface area contributed by atoms with Crippen molar-refractivity contribution in [3.8, 4) is 0 Å². The maximum atomic E-state index is 12.7. The highest BCUT2D eigenvalue weighted by Crippen LogP contribution is 2.23. The molecule has 1 aromatic heterocycles. The van der Waals surface area contributed by atoms with Crippen molar-refractivity contribution in [3.63, 3.8) is 0 Å². The van der Waals surface area contributed by atoms with Crippen LogP contribution in [0.15, 0.2) is 42.6 Å². The van der Waals surface area contributed by atoms with Crippen LogP contribution >= 0.6 is 0 Å². The average Bonchev–Trinajstić information content (AvgIpc) is 2.73. The molecule has 0 atom stereocenters. The fourth-order valence-corrected chi connectivity index (χ4v) is 3.66. The maximum absolute atomic E-state index is 12.7. The standard InChI is InChI=1S/C23H30N2O3/c1-18-22(4-3-11-24-18)23(26)25-12-9-20(10-13-25)16-19-5-7-21(8-6-19)17-28-15-14-27-2/h3-8,11,20H,9-10,12-17H2,1-2H3. The van der Waals surface area contributed by atoms with Crippen LogP contribution in [-0.2, 0) is 22.5 Å². The second kappa shape index (κ2) is 10.3. The van der Waals surface area contributed by atoms with E-state index >= 15 is 0 Å². The molecule has 0 saturated carbocycles. The van der Waals surface area contributed by atoms with Crippen LogP contribution in [0.5, 0.6) is 0 Å². The van der Waals surface area contributed by atoms with Crippen LogP contribution in [0.4, 0.5) is 0 Å². The van der Waals surface area contributed by atoms with Crippen molar-refractivity contribution in [1.29, 1.82) is 0 Å². The Morgan fingerprint density at radius 2 is 1.82 bits per heavy atom. The van der Waals surface area contributed by atoms with Crippen LogP contribution in [0, 0.1) is 12.8 Å². The number of hydrogen-bond acceptors (Lipinski definition) is 4. The molecule has 0 spiro atoms. The lowest BCUT2D eigenvalue weighted by Crippen LogP contribution is -2.39. The molecule has 1 saturated heterocycles. The second-order valence-corrected chi connectivity index (χ2v) is 7.44. The number of pyridine rings is 1. The van der Waals surface area contributed by atoms with Gasteiger partial charge in [-0.3, -0.25) is 9.78 Å². The fourth-order valence-electron chi connectivity index (χ4n) is 3.66. The van der Waals surface area contributed by atoms with Crippen LogP contribution in [0.25, 0.3) is 0 Å². The molecule has 28 heavy (non-hydrogen) atoms. The third-order valence-electron chi connectivity index (χ3n) is 5.39. The van der Waals surface area contributed by atoms with Crippen molar-refractivity contribution in [2.45, 2.75) is 32.8 Å². The van der Waals surface area contributed by atoms with Crippen molar-refractivity contribution >= 4 is 5.91 Å². The lowest BCUT2D eigenvalue weighted by molar-refractivity contribution is 0.0616. The molecule has 0 radical (unpaired) electrons. The first-order valence-corrected chi connectivity index (χ1v) is 10.0. The lowest BCUT2D eigenvalue weighted by Gasteiger charge is -2.32. The quantitative estimate of drug-likeness (QED) is 0.654. The number of aromatic nitrogens is 1. The highest BCUT2D eigenvalue weighted by Gasteiger charge is 2.24. The Morgan fingerprint density at radius 3 is 2.50 bits per heavy atom. The third-order valence-corrected chi connectivity index (χ3v) is 5.39. The summed E-state index contributed by atoms with van der Waals surface area (Å²) >= 11 is 0. The van der Waals surface area contributed by atoms with E-state index in [4.69, 9.17) is 9.47 Å². The van der Waals surface area contributed by atoms with E-state index in [1.807, 2.05) is 24.0 Å². The monoisotopic (exact) mass is 382 g/mol. The van der Waals surface area contributed by atoms with Crippen molar-refractivity contribution in [3.05, 3.63) is 65.0 Å². The van der Waals surface area contributed by atoms with Gasteiger partial charge in [0.15, 0.2) is 0 Å². The summed E-state index contributed by atoms with van der Waals surface area (Å²) in [4.78, 5) is 18.9. The first-order valence-electron chi connectivity index (χ1n) is 10.0. The van der Waals surface area contributed by atoms with E-state index < -0.39 is 0 Å². The molecule has 2 aromatic rings. The number of likely N-dealkylation sites (tertiary alicyclic amines) is 1. The van der Waals surface area contributed by atoms with E-state index in [-0.39, 0.29) is 5.91 Å². The van der Waals surface area contributed by atoms with Crippen LogP contribution in [0.2, 0.25) is 0 Å². The summed E-state index contributed by atoms with van der Waals surface area (Å²) in [5.74, 6) is 0.740. The number of methoxy groups -OCH3 is 1. The van der Waals surface area contributed by atoms with Gasteiger partial charge in [-0.05, 0) is 55.4 Å². The van der Waals surface area contributed by atoms with E-state index in [0.717, 1.165) is 43.6 Å². The average molecular weight is 383 g/mol. The molecule has 1 aromatic carbocycles. The van der Waals surface area contributed by atoms with Crippen molar-refractivity contribution in [2.24, 2.45) is 5.92 Å². The SMILES string of the molecule is COCCOCc1ccc(CC2CCN(C(=O)c3cccnc3C)CC2)cc1. The molecule has 0 aliphatic carbocycles. The summed E-state index contributed by atoms with van der Waals surface area (Å²) in [6, 6.07) is 12.4. The summed E-state index contributed by atoms with van der Waals surface area (Å²) in [6.45, 7) is 5.41. The van der Waals surface area contributed by atoms with Gasteiger partial charge >= 0.3 is 0 Å². The van der Waals surface area contributed by atoms with E-state index in [0.29, 0.717) is 25.7 Å². The molecule has 1 amide bonds.